The highest BCUT2D eigenvalue weighted by Gasteiger charge is 2.14. The maximum absolute atomic E-state index is 10.6. The Kier molecular flexibility index (Phi) is 3.73. The molecule has 2 aromatic heterocycles. The molecule has 2 aromatic rings. The van der Waals surface area contributed by atoms with Gasteiger partial charge in [0.25, 0.3) is 5.69 Å². The number of thiophene rings is 1. The third kappa shape index (κ3) is 2.86. The van der Waals surface area contributed by atoms with Gasteiger partial charge in [-0.25, -0.2) is 4.98 Å². The minimum Gasteiger partial charge on any atom is -0.362 e. The molecule has 0 fully saturated rings. The molecule has 19 heavy (non-hydrogen) atoms. The fourth-order valence-electron chi connectivity index (χ4n) is 1.57. The van der Waals surface area contributed by atoms with Gasteiger partial charge in [0.2, 0.25) is 0 Å². The highest BCUT2D eigenvalue weighted by molar-refractivity contribution is 7.10. The number of pyridine rings is 1. The largest absolute Gasteiger partial charge is 0.362 e. The Morgan fingerprint density at radius 3 is 3.00 bits per heavy atom. The average Bonchev–Trinajstić information content (AvgIpc) is 2.92. The van der Waals surface area contributed by atoms with Crippen LogP contribution in [0, 0.1) is 21.4 Å². The van der Waals surface area contributed by atoms with Gasteiger partial charge >= 0.3 is 0 Å². The van der Waals surface area contributed by atoms with Crippen molar-refractivity contribution < 1.29 is 4.92 Å². The van der Waals surface area contributed by atoms with E-state index in [0.717, 1.165) is 11.1 Å². The second-order valence-electron chi connectivity index (χ2n) is 3.84. The number of hydrogen-bond acceptors (Lipinski definition) is 6. The van der Waals surface area contributed by atoms with Crippen LogP contribution in [0.2, 0.25) is 0 Å². The Bertz CT molecular complexity index is 634. The van der Waals surface area contributed by atoms with Crippen LogP contribution >= 0.6 is 11.3 Å². The number of aromatic nitrogens is 1. The van der Waals surface area contributed by atoms with Crippen LogP contribution in [0.5, 0.6) is 0 Å². The van der Waals surface area contributed by atoms with Gasteiger partial charge < -0.3 is 5.32 Å². The summed E-state index contributed by atoms with van der Waals surface area (Å²) in [5, 5.41) is 24.7. The fourth-order valence-corrected chi connectivity index (χ4v) is 2.30. The van der Waals surface area contributed by atoms with E-state index in [4.69, 9.17) is 5.26 Å². The molecule has 0 radical (unpaired) electrons. The molecule has 0 amide bonds. The van der Waals surface area contributed by atoms with Crippen molar-refractivity contribution in [2.24, 2.45) is 0 Å². The highest BCUT2D eigenvalue weighted by atomic mass is 32.1. The lowest BCUT2D eigenvalue weighted by molar-refractivity contribution is -0.385. The van der Waals surface area contributed by atoms with E-state index in [-0.39, 0.29) is 17.3 Å². The van der Waals surface area contributed by atoms with E-state index in [9.17, 15) is 10.1 Å². The number of nitro groups is 1. The quantitative estimate of drug-likeness (QED) is 0.683. The number of rotatable bonds is 4. The molecule has 0 aliphatic heterocycles. The summed E-state index contributed by atoms with van der Waals surface area (Å²) in [4.78, 5) is 15.1. The fraction of sp³-hybridized carbons (Fsp3) is 0.167. The predicted molar refractivity (Wildman–Crippen MR) is 72.0 cm³/mol. The number of anilines is 1. The van der Waals surface area contributed by atoms with Crippen LogP contribution in [0.1, 0.15) is 23.4 Å². The Morgan fingerprint density at radius 2 is 2.42 bits per heavy atom. The first-order valence-corrected chi connectivity index (χ1v) is 6.34. The Hall–Kier alpha value is -2.46. The smallest absolute Gasteiger partial charge is 0.289 e. The van der Waals surface area contributed by atoms with Crippen molar-refractivity contribution in [2.75, 3.05) is 5.32 Å². The molecular weight excluding hydrogens is 264 g/mol. The van der Waals surface area contributed by atoms with Gasteiger partial charge in [-0.3, -0.25) is 10.1 Å². The lowest BCUT2D eigenvalue weighted by atomic mass is 10.2. The lowest BCUT2D eigenvalue weighted by Crippen LogP contribution is -2.08. The zero-order chi connectivity index (χ0) is 13.8. The molecule has 7 heteroatoms. The molecule has 0 aliphatic rings. The highest BCUT2D eigenvalue weighted by Crippen LogP contribution is 2.25. The van der Waals surface area contributed by atoms with E-state index in [1.807, 2.05) is 30.5 Å². The summed E-state index contributed by atoms with van der Waals surface area (Å²) in [6, 6.07) is 7.03. The second-order valence-corrected chi connectivity index (χ2v) is 4.82. The minimum atomic E-state index is -0.569. The van der Waals surface area contributed by atoms with Crippen molar-refractivity contribution in [3.63, 3.8) is 0 Å². The zero-order valence-electron chi connectivity index (χ0n) is 10.0. The van der Waals surface area contributed by atoms with Crippen molar-refractivity contribution >= 4 is 22.8 Å². The molecule has 0 aliphatic carbocycles. The van der Waals surface area contributed by atoms with Gasteiger partial charge in [-0.2, -0.15) is 5.26 Å². The molecule has 0 saturated carbocycles. The Morgan fingerprint density at radius 1 is 1.63 bits per heavy atom. The molecule has 2 heterocycles. The molecule has 96 valence electrons. The van der Waals surface area contributed by atoms with Crippen LogP contribution in [-0.4, -0.2) is 9.91 Å². The third-order valence-electron chi connectivity index (χ3n) is 2.53. The Balaban J connectivity index is 2.26. The van der Waals surface area contributed by atoms with Gasteiger partial charge in [0.05, 0.1) is 11.0 Å². The maximum Gasteiger partial charge on any atom is 0.289 e. The van der Waals surface area contributed by atoms with Crippen molar-refractivity contribution in [2.45, 2.75) is 13.0 Å². The standard InChI is InChI=1S/C12H10N4O2S/c1-8(11-3-2-4-19-11)15-12-9(6-13)5-10(7-14-12)16(17)18/h2-5,7-8H,1H3,(H,14,15). The van der Waals surface area contributed by atoms with Gasteiger partial charge in [-0.05, 0) is 18.4 Å². The molecule has 0 saturated heterocycles. The van der Waals surface area contributed by atoms with Gasteiger partial charge in [0.15, 0.2) is 0 Å². The number of nitriles is 1. The molecule has 0 bridgehead atoms. The van der Waals surface area contributed by atoms with Crippen molar-refractivity contribution in [1.82, 2.24) is 4.98 Å². The van der Waals surface area contributed by atoms with Gasteiger partial charge in [-0.1, -0.05) is 6.07 Å². The van der Waals surface area contributed by atoms with Crippen LogP contribution in [0.4, 0.5) is 11.5 Å². The summed E-state index contributed by atoms with van der Waals surface area (Å²) in [6.07, 6.45) is 1.14. The second kappa shape index (κ2) is 5.46. The minimum absolute atomic E-state index is 0.0129. The maximum atomic E-state index is 10.6. The summed E-state index contributed by atoms with van der Waals surface area (Å²) in [5.74, 6) is 0.356. The van der Waals surface area contributed by atoms with Crippen LogP contribution in [0.25, 0.3) is 0 Å². The summed E-state index contributed by atoms with van der Waals surface area (Å²) in [6.45, 7) is 1.94. The zero-order valence-corrected chi connectivity index (χ0v) is 10.8. The van der Waals surface area contributed by atoms with Crippen molar-refractivity contribution in [3.8, 4) is 6.07 Å². The first kappa shape index (κ1) is 13.0. The number of nitrogens with zero attached hydrogens (tertiary/aromatic N) is 3. The normalized spacial score (nSPS) is 11.6. The number of nitrogens with one attached hydrogen (secondary N) is 1. The van der Waals surface area contributed by atoms with E-state index in [2.05, 4.69) is 10.3 Å². The SMILES string of the molecule is CC(Nc1ncc([N+](=O)[O-])cc1C#N)c1cccs1. The molecule has 1 N–H and O–H groups in total. The topological polar surface area (TPSA) is 91.8 Å². The average molecular weight is 274 g/mol. The predicted octanol–water partition coefficient (Wildman–Crippen LogP) is 3.10. The summed E-state index contributed by atoms with van der Waals surface area (Å²) >= 11 is 1.59. The molecule has 1 unspecified atom stereocenters. The van der Waals surface area contributed by atoms with Crippen molar-refractivity contribution in [1.29, 1.82) is 5.26 Å². The van der Waals surface area contributed by atoms with Crippen LogP contribution in [0.3, 0.4) is 0 Å². The van der Waals surface area contributed by atoms with Gasteiger partial charge in [-0.15, -0.1) is 11.3 Å². The molecule has 0 aromatic carbocycles. The van der Waals surface area contributed by atoms with E-state index in [1.54, 1.807) is 11.3 Å². The van der Waals surface area contributed by atoms with Gasteiger partial charge in [0.1, 0.15) is 23.6 Å². The monoisotopic (exact) mass is 274 g/mol. The first-order valence-electron chi connectivity index (χ1n) is 5.46. The lowest BCUT2D eigenvalue weighted by Gasteiger charge is -2.13. The summed E-state index contributed by atoms with van der Waals surface area (Å²) < 4.78 is 0. The van der Waals surface area contributed by atoms with Crippen molar-refractivity contribution in [3.05, 3.63) is 50.3 Å². The molecular formula is C12H10N4O2S. The third-order valence-corrected chi connectivity index (χ3v) is 3.58. The molecule has 0 spiro atoms. The molecule has 1 atom stereocenters. The summed E-state index contributed by atoms with van der Waals surface area (Å²) in [7, 11) is 0. The van der Waals surface area contributed by atoms with E-state index >= 15 is 0 Å². The van der Waals surface area contributed by atoms with E-state index in [0.29, 0.717) is 5.82 Å². The van der Waals surface area contributed by atoms with E-state index in [1.165, 1.54) is 6.07 Å². The van der Waals surface area contributed by atoms with Crippen LogP contribution in [-0.2, 0) is 0 Å². The Labute approximate surface area is 113 Å². The first-order chi connectivity index (χ1) is 9.11. The van der Waals surface area contributed by atoms with Crippen LogP contribution < -0.4 is 5.32 Å². The van der Waals surface area contributed by atoms with Gasteiger partial charge in [0, 0.05) is 10.9 Å². The summed E-state index contributed by atoms with van der Waals surface area (Å²) in [5.41, 5.74) is -0.0246. The molecule has 2 rings (SSSR count). The van der Waals surface area contributed by atoms with Crippen LogP contribution in [0.15, 0.2) is 29.8 Å². The molecule has 6 nitrogen and oxygen atoms in total. The van der Waals surface area contributed by atoms with E-state index < -0.39 is 4.92 Å². The number of hydrogen-bond donors (Lipinski definition) is 1.